The molecule has 0 saturated carbocycles. The van der Waals surface area contributed by atoms with Crippen LogP contribution in [0.5, 0.6) is 0 Å². The first-order valence-corrected chi connectivity index (χ1v) is 7.43. The molecule has 0 spiro atoms. The number of aliphatic hydroxyl groups is 1. The largest absolute Gasteiger partial charge is 0.480 e. The van der Waals surface area contributed by atoms with Crippen molar-refractivity contribution in [2.45, 2.75) is 44.8 Å². The highest BCUT2D eigenvalue weighted by atomic mass is 16.4. The standard InChI is InChI=1S/C14H26N2O3/c1-11-4-7-15(8-5-11)9-12(17)10-16-6-2-3-13(16)14(18)19/h11-13,17H,2-10H2,1H3,(H,18,19)/t12-,13+/m1/s1. The Balaban J connectivity index is 1.74. The molecule has 0 aromatic carbocycles. The van der Waals surface area contributed by atoms with Gasteiger partial charge in [-0.15, -0.1) is 0 Å². The Morgan fingerprint density at radius 3 is 2.53 bits per heavy atom. The predicted molar refractivity (Wildman–Crippen MR) is 73.1 cm³/mol. The van der Waals surface area contributed by atoms with Gasteiger partial charge in [-0.2, -0.15) is 0 Å². The van der Waals surface area contributed by atoms with Gasteiger partial charge in [0.15, 0.2) is 0 Å². The number of β-amino-alcohol motifs (C(OH)–C–C–N with tert-alkyl or cyclic N) is 1. The van der Waals surface area contributed by atoms with E-state index in [9.17, 15) is 9.90 Å². The van der Waals surface area contributed by atoms with Gasteiger partial charge in [0.1, 0.15) is 6.04 Å². The van der Waals surface area contributed by atoms with E-state index in [1.165, 1.54) is 12.8 Å². The van der Waals surface area contributed by atoms with Gasteiger partial charge in [0.05, 0.1) is 6.10 Å². The van der Waals surface area contributed by atoms with Crippen molar-refractivity contribution in [3.8, 4) is 0 Å². The fourth-order valence-corrected chi connectivity index (χ4v) is 3.20. The number of hydrogen-bond donors (Lipinski definition) is 2. The Kier molecular flexibility index (Phi) is 5.19. The minimum Gasteiger partial charge on any atom is -0.480 e. The summed E-state index contributed by atoms with van der Waals surface area (Å²) < 4.78 is 0. The summed E-state index contributed by atoms with van der Waals surface area (Å²) in [6.45, 7) is 6.35. The van der Waals surface area contributed by atoms with E-state index in [0.717, 1.165) is 32.0 Å². The van der Waals surface area contributed by atoms with Crippen LogP contribution in [0.1, 0.15) is 32.6 Å². The van der Waals surface area contributed by atoms with Crippen LogP contribution in [-0.4, -0.2) is 70.9 Å². The molecule has 0 aromatic heterocycles. The minimum atomic E-state index is -0.753. The summed E-state index contributed by atoms with van der Waals surface area (Å²) in [6, 6.07) is -0.393. The fraction of sp³-hybridized carbons (Fsp3) is 0.929. The SMILES string of the molecule is CC1CCN(C[C@@H](O)CN2CCC[C@H]2C(=O)O)CC1. The Hall–Kier alpha value is -0.650. The number of carboxylic acids is 1. The van der Waals surface area contributed by atoms with E-state index in [2.05, 4.69) is 11.8 Å². The molecular formula is C14H26N2O3. The van der Waals surface area contributed by atoms with Gasteiger partial charge in [-0.05, 0) is 51.2 Å². The maximum atomic E-state index is 11.1. The maximum Gasteiger partial charge on any atom is 0.320 e. The van der Waals surface area contributed by atoms with Crippen molar-refractivity contribution in [2.75, 3.05) is 32.7 Å². The highest BCUT2D eigenvalue weighted by molar-refractivity contribution is 5.73. The summed E-state index contributed by atoms with van der Waals surface area (Å²) in [5, 5.41) is 19.3. The Bertz CT molecular complexity index is 303. The van der Waals surface area contributed by atoms with Gasteiger partial charge in [-0.25, -0.2) is 0 Å². The molecule has 2 aliphatic heterocycles. The van der Waals surface area contributed by atoms with E-state index >= 15 is 0 Å². The Labute approximate surface area is 115 Å². The second-order valence-corrected chi connectivity index (χ2v) is 6.13. The average Bonchev–Trinajstić information content (AvgIpc) is 2.80. The van der Waals surface area contributed by atoms with Crippen molar-refractivity contribution in [1.29, 1.82) is 0 Å². The van der Waals surface area contributed by atoms with Crippen LogP contribution >= 0.6 is 0 Å². The molecular weight excluding hydrogens is 244 g/mol. The molecule has 2 rings (SSSR count). The van der Waals surface area contributed by atoms with Crippen LogP contribution in [0.4, 0.5) is 0 Å². The predicted octanol–water partition coefficient (Wildman–Crippen LogP) is 0.628. The van der Waals surface area contributed by atoms with Gasteiger partial charge < -0.3 is 15.1 Å². The number of likely N-dealkylation sites (tertiary alicyclic amines) is 2. The quantitative estimate of drug-likeness (QED) is 0.767. The van der Waals surface area contributed by atoms with Crippen molar-refractivity contribution < 1.29 is 15.0 Å². The molecule has 5 heteroatoms. The first-order chi connectivity index (χ1) is 9.06. The number of hydrogen-bond acceptors (Lipinski definition) is 4. The van der Waals surface area contributed by atoms with Gasteiger partial charge in [0.25, 0.3) is 0 Å². The van der Waals surface area contributed by atoms with Crippen LogP contribution in [0.15, 0.2) is 0 Å². The third-order valence-corrected chi connectivity index (χ3v) is 4.44. The number of nitrogens with zero attached hydrogens (tertiary/aromatic N) is 2. The zero-order valence-corrected chi connectivity index (χ0v) is 11.8. The highest BCUT2D eigenvalue weighted by Crippen LogP contribution is 2.19. The zero-order valence-electron chi connectivity index (χ0n) is 11.8. The van der Waals surface area contributed by atoms with Gasteiger partial charge >= 0.3 is 5.97 Å². The molecule has 2 N–H and O–H groups in total. The van der Waals surface area contributed by atoms with E-state index in [0.29, 0.717) is 19.5 Å². The second kappa shape index (κ2) is 6.68. The van der Waals surface area contributed by atoms with Crippen LogP contribution in [0.2, 0.25) is 0 Å². The smallest absolute Gasteiger partial charge is 0.320 e. The molecule has 0 bridgehead atoms. The molecule has 110 valence electrons. The summed E-state index contributed by atoms with van der Waals surface area (Å²) in [4.78, 5) is 15.3. The van der Waals surface area contributed by atoms with Crippen molar-refractivity contribution in [3.05, 3.63) is 0 Å². The number of aliphatic carboxylic acids is 1. The first-order valence-electron chi connectivity index (χ1n) is 7.43. The number of piperidine rings is 1. The molecule has 0 amide bonds. The summed E-state index contributed by atoms with van der Waals surface area (Å²) in [5.74, 6) is 0.0415. The topological polar surface area (TPSA) is 64.0 Å². The van der Waals surface area contributed by atoms with Crippen molar-refractivity contribution in [1.82, 2.24) is 9.80 Å². The molecule has 0 aliphatic carbocycles. The summed E-state index contributed by atoms with van der Waals surface area (Å²) in [6.07, 6.45) is 3.60. The van der Waals surface area contributed by atoms with E-state index in [-0.39, 0.29) is 0 Å². The fourth-order valence-electron chi connectivity index (χ4n) is 3.20. The lowest BCUT2D eigenvalue weighted by molar-refractivity contribution is -0.142. The minimum absolute atomic E-state index is 0.393. The van der Waals surface area contributed by atoms with Gasteiger partial charge in [-0.1, -0.05) is 6.92 Å². The van der Waals surface area contributed by atoms with Crippen LogP contribution in [0, 0.1) is 5.92 Å². The van der Waals surface area contributed by atoms with E-state index < -0.39 is 18.1 Å². The monoisotopic (exact) mass is 270 g/mol. The molecule has 2 fully saturated rings. The Morgan fingerprint density at radius 1 is 1.21 bits per heavy atom. The molecule has 2 aliphatic rings. The van der Waals surface area contributed by atoms with Gasteiger partial charge in [0.2, 0.25) is 0 Å². The van der Waals surface area contributed by atoms with E-state index in [1.54, 1.807) is 0 Å². The maximum absolute atomic E-state index is 11.1. The van der Waals surface area contributed by atoms with Crippen LogP contribution in [0.25, 0.3) is 0 Å². The van der Waals surface area contributed by atoms with Gasteiger partial charge in [-0.3, -0.25) is 9.69 Å². The number of carbonyl (C=O) groups is 1. The average molecular weight is 270 g/mol. The van der Waals surface area contributed by atoms with Crippen molar-refractivity contribution in [2.24, 2.45) is 5.92 Å². The van der Waals surface area contributed by atoms with Crippen molar-refractivity contribution in [3.63, 3.8) is 0 Å². The lowest BCUT2D eigenvalue weighted by atomic mass is 9.99. The second-order valence-electron chi connectivity index (χ2n) is 6.13. The molecule has 0 aromatic rings. The first kappa shape index (κ1) is 14.8. The summed E-state index contributed by atoms with van der Waals surface area (Å²) in [5.41, 5.74) is 0. The normalized spacial score (nSPS) is 28.6. The lowest BCUT2D eigenvalue weighted by Gasteiger charge is -2.33. The molecule has 2 atom stereocenters. The molecule has 2 heterocycles. The number of aliphatic hydroxyl groups excluding tert-OH is 1. The van der Waals surface area contributed by atoms with Crippen molar-refractivity contribution >= 4 is 5.97 Å². The van der Waals surface area contributed by atoms with Crippen LogP contribution in [0.3, 0.4) is 0 Å². The number of carboxylic acid groups (broad SMARTS) is 1. The molecule has 5 nitrogen and oxygen atoms in total. The molecule has 0 unspecified atom stereocenters. The van der Waals surface area contributed by atoms with Crippen LogP contribution < -0.4 is 0 Å². The van der Waals surface area contributed by atoms with Gasteiger partial charge in [0, 0.05) is 13.1 Å². The molecule has 2 saturated heterocycles. The summed E-state index contributed by atoms with van der Waals surface area (Å²) in [7, 11) is 0. The highest BCUT2D eigenvalue weighted by Gasteiger charge is 2.32. The lowest BCUT2D eigenvalue weighted by Crippen LogP contribution is -2.45. The number of rotatable bonds is 5. The van der Waals surface area contributed by atoms with Crippen LogP contribution in [-0.2, 0) is 4.79 Å². The zero-order chi connectivity index (χ0) is 13.8. The third-order valence-electron chi connectivity index (χ3n) is 4.44. The summed E-state index contributed by atoms with van der Waals surface area (Å²) >= 11 is 0. The van der Waals surface area contributed by atoms with E-state index in [1.807, 2.05) is 4.90 Å². The molecule has 19 heavy (non-hydrogen) atoms. The Morgan fingerprint density at radius 2 is 1.89 bits per heavy atom. The third kappa shape index (κ3) is 4.16. The molecule has 0 radical (unpaired) electrons. The van der Waals surface area contributed by atoms with E-state index in [4.69, 9.17) is 5.11 Å².